The molecule has 1 aromatic heterocycles. The molecular formula is C24H22N4O5. The number of ether oxygens (including phenoxy) is 1. The number of carboxylic acids is 1. The molecule has 9 nitrogen and oxygen atoms in total. The third-order valence-corrected chi connectivity index (χ3v) is 5.43. The third-order valence-electron chi connectivity index (χ3n) is 5.43. The molecule has 168 valence electrons. The molecule has 1 heterocycles. The number of benzene rings is 2. The Balaban J connectivity index is 1.42. The van der Waals surface area contributed by atoms with Crippen LogP contribution in [0.2, 0.25) is 0 Å². The summed E-state index contributed by atoms with van der Waals surface area (Å²) in [5, 5.41) is 14.1. The fraction of sp³-hybridized carbons (Fsp3) is 0.208. The van der Waals surface area contributed by atoms with E-state index in [2.05, 4.69) is 20.6 Å². The molecule has 0 fully saturated rings. The second kappa shape index (κ2) is 9.90. The molecule has 0 saturated carbocycles. The first-order valence-electron chi connectivity index (χ1n) is 10.4. The minimum atomic E-state index is -1.10. The minimum Gasteiger partial charge on any atom is -0.481 e. The van der Waals surface area contributed by atoms with Crippen LogP contribution in [0.3, 0.4) is 0 Å². The van der Waals surface area contributed by atoms with Gasteiger partial charge in [-0.2, -0.15) is 0 Å². The maximum atomic E-state index is 12.6. The normalized spacial score (nSPS) is 12.8. The number of nitrogens with zero attached hydrogens (tertiary/aromatic N) is 2. The average molecular weight is 446 g/mol. The molecule has 2 aromatic carbocycles. The molecule has 0 aliphatic heterocycles. The number of fused-ring (bicyclic) bond motifs is 3. The Kier molecular flexibility index (Phi) is 6.58. The molecule has 3 aromatic rings. The van der Waals surface area contributed by atoms with Gasteiger partial charge in [-0.1, -0.05) is 48.5 Å². The molecule has 33 heavy (non-hydrogen) atoms. The van der Waals surface area contributed by atoms with E-state index in [1.165, 1.54) is 18.7 Å². The third kappa shape index (κ3) is 5.15. The summed E-state index contributed by atoms with van der Waals surface area (Å²) < 4.78 is 5.48. The molecule has 3 N–H and O–H groups in total. The van der Waals surface area contributed by atoms with Crippen LogP contribution in [-0.4, -0.2) is 45.7 Å². The van der Waals surface area contributed by atoms with Gasteiger partial charge in [0.15, 0.2) is 0 Å². The SMILES string of the molecule is O=C(O)CCC(NC(=O)OCC1c2ccccc2-c2ccccc21)C(=O)Nc1cncnc1. The Morgan fingerprint density at radius 3 is 2.18 bits per heavy atom. The molecule has 1 atom stereocenters. The Morgan fingerprint density at radius 2 is 1.58 bits per heavy atom. The standard InChI is InChI=1S/C24H22N4O5/c29-22(30)10-9-21(23(31)27-15-11-25-14-26-12-15)28-24(32)33-13-20-18-7-3-1-5-16(18)17-6-2-4-8-19(17)20/h1-8,11-12,14,20-21H,9-10,13H2,(H,27,31)(H,28,32)(H,29,30). The highest BCUT2D eigenvalue weighted by molar-refractivity contribution is 5.96. The number of hydrogen-bond donors (Lipinski definition) is 3. The van der Waals surface area contributed by atoms with E-state index in [4.69, 9.17) is 9.84 Å². The molecule has 1 aliphatic rings. The van der Waals surface area contributed by atoms with E-state index in [-0.39, 0.29) is 25.4 Å². The highest BCUT2D eigenvalue weighted by atomic mass is 16.5. The molecule has 0 bridgehead atoms. The van der Waals surface area contributed by atoms with E-state index >= 15 is 0 Å². The predicted octanol–water partition coefficient (Wildman–Crippen LogP) is 3.19. The average Bonchev–Trinajstić information content (AvgIpc) is 3.14. The van der Waals surface area contributed by atoms with Gasteiger partial charge in [-0.15, -0.1) is 0 Å². The van der Waals surface area contributed by atoms with Crippen molar-refractivity contribution in [3.05, 3.63) is 78.4 Å². The number of carbonyl (C=O) groups excluding carboxylic acids is 2. The van der Waals surface area contributed by atoms with Gasteiger partial charge in [0.25, 0.3) is 0 Å². The number of hydrogen-bond acceptors (Lipinski definition) is 6. The fourth-order valence-corrected chi connectivity index (χ4v) is 3.91. The monoisotopic (exact) mass is 446 g/mol. The molecule has 0 spiro atoms. The van der Waals surface area contributed by atoms with Crippen molar-refractivity contribution in [1.82, 2.24) is 15.3 Å². The van der Waals surface area contributed by atoms with E-state index in [0.717, 1.165) is 22.3 Å². The van der Waals surface area contributed by atoms with E-state index in [0.29, 0.717) is 5.69 Å². The number of anilines is 1. The zero-order chi connectivity index (χ0) is 23.2. The first-order valence-corrected chi connectivity index (χ1v) is 10.4. The van der Waals surface area contributed by atoms with Crippen molar-refractivity contribution in [3.8, 4) is 11.1 Å². The van der Waals surface area contributed by atoms with Crippen LogP contribution in [-0.2, 0) is 14.3 Å². The van der Waals surface area contributed by atoms with Gasteiger partial charge >= 0.3 is 12.1 Å². The van der Waals surface area contributed by atoms with Crippen LogP contribution >= 0.6 is 0 Å². The largest absolute Gasteiger partial charge is 0.481 e. The summed E-state index contributed by atoms with van der Waals surface area (Å²) in [5.74, 6) is -1.79. The maximum absolute atomic E-state index is 12.6. The lowest BCUT2D eigenvalue weighted by atomic mass is 9.98. The second-order valence-electron chi connectivity index (χ2n) is 7.57. The maximum Gasteiger partial charge on any atom is 0.407 e. The number of carboxylic acid groups (broad SMARTS) is 1. The van der Waals surface area contributed by atoms with Gasteiger partial charge in [0.1, 0.15) is 19.0 Å². The molecule has 4 rings (SSSR count). The van der Waals surface area contributed by atoms with Crippen LogP contribution in [0.5, 0.6) is 0 Å². The smallest absolute Gasteiger partial charge is 0.407 e. The summed E-state index contributed by atoms with van der Waals surface area (Å²) in [4.78, 5) is 43.8. The Hall–Kier alpha value is -4.27. The highest BCUT2D eigenvalue weighted by Gasteiger charge is 2.30. The number of aromatic nitrogens is 2. The number of alkyl carbamates (subject to hydrolysis) is 1. The molecule has 0 radical (unpaired) electrons. The van der Waals surface area contributed by atoms with Gasteiger partial charge in [-0.05, 0) is 28.7 Å². The zero-order valence-electron chi connectivity index (χ0n) is 17.6. The van der Waals surface area contributed by atoms with Crippen LogP contribution in [0, 0.1) is 0 Å². The van der Waals surface area contributed by atoms with Crippen molar-refractivity contribution >= 4 is 23.7 Å². The first-order chi connectivity index (χ1) is 16.0. The lowest BCUT2D eigenvalue weighted by Gasteiger charge is -2.19. The summed E-state index contributed by atoms with van der Waals surface area (Å²) >= 11 is 0. The van der Waals surface area contributed by atoms with Crippen LogP contribution < -0.4 is 10.6 Å². The number of amides is 2. The molecule has 2 amide bonds. The molecule has 0 saturated heterocycles. The van der Waals surface area contributed by atoms with Crippen molar-refractivity contribution in [2.24, 2.45) is 0 Å². The quantitative estimate of drug-likeness (QED) is 0.484. The molecule has 9 heteroatoms. The predicted molar refractivity (Wildman–Crippen MR) is 120 cm³/mol. The lowest BCUT2D eigenvalue weighted by Crippen LogP contribution is -2.44. The van der Waals surface area contributed by atoms with Crippen LogP contribution in [0.4, 0.5) is 10.5 Å². The number of carbonyl (C=O) groups is 3. The molecular weight excluding hydrogens is 424 g/mol. The summed E-state index contributed by atoms with van der Waals surface area (Å²) in [6.07, 6.45) is 2.91. The topological polar surface area (TPSA) is 131 Å². The summed E-state index contributed by atoms with van der Waals surface area (Å²) in [6, 6.07) is 14.8. The van der Waals surface area contributed by atoms with Crippen molar-refractivity contribution < 1.29 is 24.2 Å². The van der Waals surface area contributed by atoms with Crippen LogP contribution in [0.15, 0.2) is 67.3 Å². The van der Waals surface area contributed by atoms with E-state index in [1.807, 2.05) is 48.5 Å². The van der Waals surface area contributed by atoms with Crippen molar-refractivity contribution in [2.75, 3.05) is 11.9 Å². The van der Waals surface area contributed by atoms with E-state index in [9.17, 15) is 14.4 Å². The number of nitrogens with one attached hydrogen (secondary N) is 2. The van der Waals surface area contributed by atoms with E-state index < -0.39 is 24.0 Å². The highest BCUT2D eigenvalue weighted by Crippen LogP contribution is 2.44. The van der Waals surface area contributed by atoms with Crippen molar-refractivity contribution in [3.63, 3.8) is 0 Å². The first kappa shape index (κ1) is 21.9. The zero-order valence-corrected chi connectivity index (χ0v) is 17.6. The Morgan fingerprint density at radius 1 is 0.970 bits per heavy atom. The van der Waals surface area contributed by atoms with Gasteiger partial charge in [-0.3, -0.25) is 9.59 Å². The fourth-order valence-electron chi connectivity index (χ4n) is 3.91. The van der Waals surface area contributed by atoms with E-state index in [1.54, 1.807) is 0 Å². The van der Waals surface area contributed by atoms with Gasteiger partial charge in [0, 0.05) is 12.3 Å². The summed E-state index contributed by atoms with van der Waals surface area (Å²) in [7, 11) is 0. The Bertz CT molecular complexity index is 1120. The van der Waals surface area contributed by atoms with Crippen LogP contribution in [0.25, 0.3) is 11.1 Å². The van der Waals surface area contributed by atoms with Gasteiger partial charge in [0.2, 0.25) is 5.91 Å². The Labute approximate surface area is 189 Å². The van der Waals surface area contributed by atoms with Gasteiger partial charge < -0.3 is 20.5 Å². The second-order valence-corrected chi connectivity index (χ2v) is 7.57. The minimum absolute atomic E-state index is 0.0830. The number of aliphatic carboxylic acids is 1. The van der Waals surface area contributed by atoms with Crippen LogP contribution in [0.1, 0.15) is 29.9 Å². The van der Waals surface area contributed by atoms with Crippen molar-refractivity contribution in [2.45, 2.75) is 24.8 Å². The van der Waals surface area contributed by atoms with Crippen molar-refractivity contribution in [1.29, 1.82) is 0 Å². The van der Waals surface area contributed by atoms with Gasteiger partial charge in [-0.25, -0.2) is 14.8 Å². The lowest BCUT2D eigenvalue weighted by molar-refractivity contribution is -0.137. The molecule has 1 aliphatic carbocycles. The number of rotatable bonds is 8. The summed E-state index contributed by atoms with van der Waals surface area (Å²) in [5.41, 5.74) is 4.67. The molecule has 1 unspecified atom stereocenters. The summed E-state index contributed by atoms with van der Waals surface area (Å²) in [6.45, 7) is 0.0830. The van der Waals surface area contributed by atoms with Gasteiger partial charge in [0.05, 0.1) is 18.1 Å².